The number of fused-ring (bicyclic) bond motifs is 1. The highest BCUT2D eigenvalue weighted by Gasteiger charge is 2.30. The van der Waals surface area contributed by atoms with E-state index in [2.05, 4.69) is 4.90 Å². The maximum absolute atomic E-state index is 13.0. The number of hydrogen-bond acceptors (Lipinski definition) is 3. The Labute approximate surface area is 188 Å². The van der Waals surface area contributed by atoms with E-state index in [-0.39, 0.29) is 0 Å². The van der Waals surface area contributed by atoms with Crippen molar-refractivity contribution in [1.82, 2.24) is 4.90 Å². The highest BCUT2D eigenvalue weighted by Crippen LogP contribution is 2.39. The summed E-state index contributed by atoms with van der Waals surface area (Å²) in [5.74, 6) is 0.957. The Morgan fingerprint density at radius 3 is 2.42 bits per heavy atom. The number of nitrogen functional groups attached to an aromatic ring is 1. The first-order valence-corrected chi connectivity index (χ1v) is 10.4. The predicted molar refractivity (Wildman–Crippen MR) is 117 cm³/mol. The van der Waals surface area contributed by atoms with Crippen molar-refractivity contribution < 1.29 is 17.9 Å². The third-order valence-corrected chi connectivity index (χ3v) is 5.73. The normalized spacial score (nSPS) is 14.4. The van der Waals surface area contributed by atoms with E-state index in [0.29, 0.717) is 45.9 Å². The van der Waals surface area contributed by atoms with E-state index in [1.54, 1.807) is 18.2 Å². The predicted octanol–water partition coefficient (Wildman–Crippen LogP) is 6.95. The summed E-state index contributed by atoms with van der Waals surface area (Å²) in [5.41, 5.74) is 8.44. The third-order valence-electron chi connectivity index (χ3n) is 5.17. The molecule has 162 valence electrons. The highest BCUT2D eigenvalue weighted by atomic mass is 35.5. The molecule has 1 aliphatic rings. The molecular weight excluding hydrogens is 448 g/mol. The SMILES string of the molecule is Nc1cc(Cl)c(Oc2ccc3c(c2)CCN(Cc2cccc(C(F)(F)F)c2)C3)c(Cl)c1. The van der Waals surface area contributed by atoms with Crippen molar-refractivity contribution in [2.45, 2.75) is 25.7 Å². The topological polar surface area (TPSA) is 38.5 Å². The molecule has 0 saturated carbocycles. The lowest BCUT2D eigenvalue weighted by Crippen LogP contribution is -2.30. The molecule has 3 aromatic carbocycles. The molecule has 2 N–H and O–H groups in total. The number of anilines is 1. The lowest BCUT2D eigenvalue weighted by molar-refractivity contribution is -0.137. The van der Waals surface area contributed by atoms with Gasteiger partial charge < -0.3 is 10.5 Å². The maximum atomic E-state index is 13.0. The van der Waals surface area contributed by atoms with Crippen LogP contribution in [0.3, 0.4) is 0 Å². The van der Waals surface area contributed by atoms with Crippen LogP contribution in [0.25, 0.3) is 0 Å². The Kier molecular flexibility index (Phi) is 6.06. The summed E-state index contributed by atoms with van der Waals surface area (Å²) in [5, 5.41) is 0.657. The second-order valence-electron chi connectivity index (χ2n) is 7.51. The van der Waals surface area contributed by atoms with Gasteiger partial charge in [0.2, 0.25) is 0 Å². The van der Waals surface area contributed by atoms with E-state index in [9.17, 15) is 13.2 Å². The monoisotopic (exact) mass is 466 g/mol. The molecule has 0 spiro atoms. The summed E-state index contributed by atoms with van der Waals surface area (Å²) in [6.45, 7) is 1.84. The molecule has 0 amide bonds. The zero-order chi connectivity index (χ0) is 22.2. The van der Waals surface area contributed by atoms with Gasteiger partial charge in [-0.2, -0.15) is 13.2 Å². The van der Waals surface area contributed by atoms with Crippen LogP contribution in [0.15, 0.2) is 54.6 Å². The summed E-state index contributed by atoms with van der Waals surface area (Å²) >= 11 is 12.4. The van der Waals surface area contributed by atoms with Crippen LogP contribution >= 0.6 is 23.2 Å². The van der Waals surface area contributed by atoms with Crippen molar-refractivity contribution in [2.75, 3.05) is 12.3 Å². The van der Waals surface area contributed by atoms with Crippen molar-refractivity contribution >= 4 is 28.9 Å². The third kappa shape index (κ3) is 5.09. The highest BCUT2D eigenvalue weighted by molar-refractivity contribution is 6.37. The summed E-state index contributed by atoms with van der Waals surface area (Å²) in [4.78, 5) is 2.13. The number of halogens is 5. The number of benzene rings is 3. The van der Waals surface area contributed by atoms with E-state index in [1.807, 2.05) is 18.2 Å². The molecule has 31 heavy (non-hydrogen) atoms. The van der Waals surface area contributed by atoms with Crippen LogP contribution in [0, 0.1) is 0 Å². The molecule has 0 aromatic heterocycles. The zero-order valence-electron chi connectivity index (χ0n) is 16.3. The van der Waals surface area contributed by atoms with E-state index < -0.39 is 11.7 Å². The lowest BCUT2D eigenvalue weighted by Gasteiger charge is -2.29. The average Bonchev–Trinajstić information content (AvgIpc) is 2.70. The van der Waals surface area contributed by atoms with Gasteiger partial charge in [-0.1, -0.05) is 47.5 Å². The summed E-state index contributed by atoms with van der Waals surface area (Å²) in [7, 11) is 0. The molecule has 0 unspecified atom stereocenters. The molecule has 0 atom stereocenters. The van der Waals surface area contributed by atoms with Gasteiger partial charge in [0.05, 0.1) is 15.6 Å². The van der Waals surface area contributed by atoms with E-state index >= 15 is 0 Å². The molecular formula is C23H19Cl2F3N2O. The first-order valence-electron chi connectivity index (χ1n) is 9.62. The Balaban J connectivity index is 1.47. The van der Waals surface area contributed by atoms with Gasteiger partial charge in [-0.05, 0) is 53.4 Å². The molecule has 0 radical (unpaired) electrons. The zero-order valence-corrected chi connectivity index (χ0v) is 17.9. The van der Waals surface area contributed by atoms with Gasteiger partial charge in [-0.25, -0.2) is 0 Å². The minimum atomic E-state index is -4.34. The van der Waals surface area contributed by atoms with Gasteiger partial charge >= 0.3 is 6.18 Å². The fourth-order valence-corrected chi connectivity index (χ4v) is 4.27. The van der Waals surface area contributed by atoms with Gasteiger partial charge in [0, 0.05) is 25.3 Å². The molecule has 0 aliphatic carbocycles. The van der Waals surface area contributed by atoms with Crippen LogP contribution < -0.4 is 10.5 Å². The molecule has 3 aromatic rings. The molecule has 4 rings (SSSR count). The minimum Gasteiger partial charge on any atom is -0.454 e. The van der Waals surface area contributed by atoms with Crippen LogP contribution in [-0.4, -0.2) is 11.4 Å². The number of rotatable bonds is 4. The number of alkyl halides is 3. The van der Waals surface area contributed by atoms with Gasteiger partial charge in [-0.3, -0.25) is 4.90 Å². The molecule has 0 saturated heterocycles. The Morgan fingerprint density at radius 2 is 1.71 bits per heavy atom. The molecule has 0 fully saturated rings. The number of hydrogen-bond donors (Lipinski definition) is 1. The summed E-state index contributed by atoms with van der Waals surface area (Å²) < 4.78 is 44.8. The van der Waals surface area contributed by atoms with Gasteiger partial charge in [0.25, 0.3) is 0 Å². The van der Waals surface area contributed by atoms with Crippen LogP contribution in [0.4, 0.5) is 18.9 Å². The fourth-order valence-electron chi connectivity index (χ4n) is 3.69. The molecule has 8 heteroatoms. The number of nitrogens with zero attached hydrogens (tertiary/aromatic N) is 1. The maximum Gasteiger partial charge on any atom is 0.416 e. The van der Waals surface area contributed by atoms with Crippen molar-refractivity contribution in [2.24, 2.45) is 0 Å². The van der Waals surface area contributed by atoms with Crippen molar-refractivity contribution in [3.8, 4) is 11.5 Å². The van der Waals surface area contributed by atoms with E-state index in [0.717, 1.165) is 30.2 Å². The van der Waals surface area contributed by atoms with Gasteiger partial charge in [0.15, 0.2) is 5.75 Å². The summed E-state index contributed by atoms with van der Waals surface area (Å²) in [6, 6.07) is 14.4. The van der Waals surface area contributed by atoms with Crippen LogP contribution in [0.5, 0.6) is 11.5 Å². The van der Waals surface area contributed by atoms with Crippen LogP contribution in [-0.2, 0) is 25.7 Å². The lowest BCUT2D eigenvalue weighted by atomic mass is 9.98. The first kappa shape index (κ1) is 21.8. The Hall–Kier alpha value is -2.41. The van der Waals surface area contributed by atoms with Gasteiger partial charge in [0.1, 0.15) is 5.75 Å². The molecule has 1 aliphatic heterocycles. The van der Waals surface area contributed by atoms with Crippen molar-refractivity contribution in [3.05, 3.63) is 86.9 Å². The Bertz CT molecular complexity index is 1100. The van der Waals surface area contributed by atoms with Crippen LogP contribution in [0.2, 0.25) is 10.0 Å². The fraction of sp³-hybridized carbons (Fsp3) is 0.217. The average molecular weight is 467 g/mol. The Morgan fingerprint density at radius 1 is 0.968 bits per heavy atom. The molecule has 0 bridgehead atoms. The van der Waals surface area contributed by atoms with Crippen LogP contribution in [0.1, 0.15) is 22.3 Å². The molecule has 1 heterocycles. The minimum absolute atomic E-state index is 0.329. The second kappa shape index (κ2) is 8.61. The summed E-state index contributed by atoms with van der Waals surface area (Å²) in [6.07, 6.45) is -3.58. The second-order valence-corrected chi connectivity index (χ2v) is 8.32. The standard InChI is InChI=1S/C23H19Cl2F3N2O/c24-20-10-18(29)11-21(25)22(20)31-19-5-4-16-13-30(7-6-15(16)9-19)12-14-2-1-3-17(8-14)23(26,27)28/h1-5,8-11H,6-7,12-13,29H2. The van der Waals surface area contributed by atoms with Crippen molar-refractivity contribution in [3.63, 3.8) is 0 Å². The van der Waals surface area contributed by atoms with Crippen molar-refractivity contribution in [1.29, 1.82) is 0 Å². The number of nitrogens with two attached hydrogens (primary N) is 1. The number of ether oxygens (including phenoxy) is 1. The quantitative estimate of drug-likeness (QED) is 0.423. The smallest absolute Gasteiger partial charge is 0.416 e. The first-order chi connectivity index (χ1) is 14.7. The molecule has 3 nitrogen and oxygen atoms in total. The van der Waals surface area contributed by atoms with Gasteiger partial charge in [-0.15, -0.1) is 0 Å². The van der Waals surface area contributed by atoms with E-state index in [4.69, 9.17) is 33.7 Å². The van der Waals surface area contributed by atoms with E-state index in [1.165, 1.54) is 12.1 Å². The largest absolute Gasteiger partial charge is 0.454 e.